The second-order valence-corrected chi connectivity index (χ2v) is 7.23. The van der Waals surface area contributed by atoms with E-state index in [9.17, 15) is 4.79 Å². The highest BCUT2D eigenvalue weighted by atomic mass is 32.1. The van der Waals surface area contributed by atoms with Crippen LogP contribution in [-0.2, 0) is 20.7 Å². The maximum absolute atomic E-state index is 12.4. The van der Waals surface area contributed by atoms with Gasteiger partial charge in [0.05, 0.1) is 30.3 Å². The minimum Gasteiger partial charge on any atom is -0.350 e. The number of thiazole rings is 1. The molecular weight excluding hydrogens is 300 g/mol. The van der Waals surface area contributed by atoms with Crippen molar-refractivity contribution in [1.29, 1.82) is 0 Å². The number of aromatic nitrogens is 1. The maximum atomic E-state index is 12.4. The Morgan fingerprint density at radius 2 is 2.05 bits per heavy atom. The van der Waals surface area contributed by atoms with Crippen LogP contribution in [0.3, 0.4) is 0 Å². The van der Waals surface area contributed by atoms with Crippen LogP contribution in [0.15, 0.2) is 5.38 Å². The summed E-state index contributed by atoms with van der Waals surface area (Å²) in [5.74, 6) is 1.04. The normalized spacial score (nSPS) is 21.0. The molecule has 0 unspecified atom stereocenters. The van der Waals surface area contributed by atoms with Gasteiger partial charge in [-0.1, -0.05) is 13.8 Å². The molecule has 122 valence electrons. The molecule has 3 rings (SSSR count). The number of ether oxygens (including phenoxy) is 2. The zero-order valence-corrected chi connectivity index (χ0v) is 14.1. The highest BCUT2D eigenvalue weighted by molar-refractivity contribution is 7.09. The molecule has 1 amide bonds. The molecular formula is C16H24N2O3S. The molecule has 6 heteroatoms. The Balaban J connectivity index is 1.48. The van der Waals surface area contributed by atoms with Crippen LogP contribution in [0.4, 0.5) is 0 Å². The lowest BCUT2D eigenvalue weighted by atomic mass is 9.96. The Morgan fingerprint density at radius 3 is 2.64 bits per heavy atom. The lowest BCUT2D eigenvalue weighted by Gasteiger charge is -2.33. The van der Waals surface area contributed by atoms with Crippen molar-refractivity contribution in [2.24, 2.45) is 5.92 Å². The summed E-state index contributed by atoms with van der Waals surface area (Å²) in [6, 6.07) is 0. The summed E-state index contributed by atoms with van der Waals surface area (Å²) < 4.78 is 11.1. The van der Waals surface area contributed by atoms with Crippen LogP contribution < -0.4 is 0 Å². The predicted molar refractivity (Wildman–Crippen MR) is 84.9 cm³/mol. The van der Waals surface area contributed by atoms with Crippen LogP contribution in [0.2, 0.25) is 0 Å². The van der Waals surface area contributed by atoms with Crippen molar-refractivity contribution in [3.05, 3.63) is 16.1 Å². The van der Waals surface area contributed by atoms with Crippen LogP contribution in [0, 0.1) is 5.92 Å². The number of hydrogen-bond acceptors (Lipinski definition) is 5. The SMILES string of the molecule is CC(C)c1nc(CC(=O)N2CCC(C3OCCO3)CC2)cs1. The van der Waals surface area contributed by atoms with Gasteiger partial charge in [0.1, 0.15) is 0 Å². The van der Waals surface area contributed by atoms with Crippen molar-refractivity contribution in [2.45, 2.75) is 45.3 Å². The van der Waals surface area contributed by atoms with E-state index in [0.29, 0.717) is 31.5 Å². The Bertz CT molecular complexity index is 503. The van der Waals surface area contributed by atoms with Gasteiger partial charge in [0.2, 0.25) is 5.91 Å². The smallest absolute Gasteiger partial charge is 0.228 e. The van der Waals surface area contributed by atoms with Crippen molar-refractivity contribution < 1.29 is 14.3 Å². The largest absolute Gasteiger partial charge is 0.350 e. The predicted octanol–water partition coefficient (Wildman–Crippen LogP) is 2.42. The van der Waals surface area contributed by atoms with Crippen molar-refractivity contribution in [2.75, 3.05) is 26.3 Å². The fourth-order valence-corrected chi connectivity index (χ4v) is 3.84. The average molecular weight is 324 g/mol. The summed E-state index contributed by atoms with van der Waals surface area (Å²) in [5.41, 5.74) is 0.906. The van der Waals surface area contributed by atoms with E-state index in [0.717, 1.165) is 36.6 Å². The van der Waals surface area contributed by atoms with E-state index in [1.54, 1.807) is 11.3 Å². The van der Waals surface area contributed by atoms with Crippen molar-refractivity contribution in [1.82, 2.24) is 9.88 Å². The Morgan fingerprint density at radius 1 is 1.36 bits per heavy atom. The Labute approximate surface area is 135 Å². The molecule has 0 saturated carbocycles. The quantitative estimate of drug-likeness (QED) is 0.853. The first-order chi connectivity index (χ1) is 10.6. The first-order valence-corrected chi connectivity index (χ1v) is 8.96. The molecule has 0 atom stereocenters. The maximum Gasteiger partial charge on any atom is 0.228 e. The molecule has 0 aliphatic carbocycles. The number of carbonyl (C=O) groups is 1. The zero-order valence-electron chi connectivity index (χ0n) is 13.3. The molecule has 1 aromatic heterocycles. The van der Waals surface area contributed by atoms with Gasteiger partial charge in [-0.15, -0.1) is 11.3 Å². The fourth-order valence-electron chi connectivity index (χ4n) is 3.01. The lowest BCUT2D eigenvalue weighted by Crippen LogP contribution is -2.42. The third-order valence-electron chi connectivity index (χ3n) is 4.32. The topological polar surface area (TPSA) is 51.7 Å². The molecule has 0 aromatic carbocycles. The number of hydrogen-bond donors (Lipinski definition) is 0. The van der Waals surface area contributed by atoms with Gasteiger partial charge in [-0.25, -0.2) is 4.98 Å². The third-order valence-corrected chi connectivity index (χ3v) is 5.51. The Hall–Kier alpha value is -0.980. The minimum atomic E-state index is -0.0515. The number of rotatable bonds is 4. The molecule has 3 heterocycles. The highest BCUT2D eigenvalue weighted by Gasteiger charge is 2.31. The minimum absolute atomic E-state index is 0.0515. The second-order valence-electron chi connectivity index (χ2n) is 6.34. The molecule has 5 nitrogen and oxygen atoms in total. The van der Waals surface area contributed by atoms with E-state index in [4.69, 9.17) is 9.47 Å². The molecule has 2 aliphatic heterocycles. The number of nitrogens with zero attached hydrogens (tertiary/aromatic N) is 2. The van der Waals surface area contributed by atoms with Crippen LogP contribution >= 0.6 is 11.3 Å². The van der Waals surface area contributed by atoms with E-state index in [1.807, 2.05) is 10.3 Å². The van der Waals surface area contributed by atoms with Crippen LogP contribution in [-0.4, -0.2) is 48.4 Å². The van der Waals surface area contributed by atoms with Gasteiger partial charge in [0.15, 0.2) is 6.29 Å². The molecule has 2 fully saturated rings. The molecule has 2 aliphatic rings. The molecule has 0 bridgehead atoms. The second kappa shape index (κ2) is 7.06. The third kappa shape index (κ3) is 3.67. The van der Waals surface area contributed by atoms with Gasteiger partial charge in [0, 0.05) is 30.3 Å². The summed E-state index contributed by atoms with van der Waals surface area (Å²) >= 11 is 1.65. The van der Waals surface area contributed by atoms with E-state index in [2.05, 4.69) is 18.8 Å². The van der Waals surface area contributed by atoms with E-state index in [-0.39, 0.29) is 12.2 Å². The monoisotopic (exact) mass is 324 g/mol. The van der Waals surface area contributed by atoms with Crippen molar-refractivity contribution in [3.8, 4) is 0 Å². The van der Waals surface area contributed by atoms with Gasteiger partial charge in [-0.2, -0.15) is 0 Å². The van der Waals surface area contributed by atoms with Crippen LogP contribution in [0.5, 0.6) is 0 Å². The number of amides is 1. The van der Waals surface area contributed by atoms with E-state index in [1.165, 1.54) is 0 Å². The Kier molecular flexibility index (Phi) is 5.10. The van der Waals surface area contributed by atoms with Gasteiger partial charge in [0.25, 0.3) is 0 Å². The molecule has 22 heavy (non-hydrogen) atoms. The number of piperidine rings is 1. The summed E-state index contributed by atoms with van der Waals surface area (Å²) in [4.78, 5) is 18.9. The standard InChI is InChI=1S/C16H24N2O3S/c1-11(2)15-17-13(10-22-15)9-14(19)18-5-3-12(4-6-18)16-20-7-8-21-16/h10-12,16H,3-9H2,1-2H3. The van der Waals surface area contributed by atoms with Crippen LogP contribution in [0.25, 0.3) is 0 Å². The fraction of sp³-hybridized carbons (Fsp3) is 0.750. The molecule has 1 aromatic rings. The van der Waals surface area contributed by atoms with Gasteiger partial charge < -0.3 is 14.4 Å². The first kappa shape index (κ1) is 15.9. The number of likely N-dealkylation sites (tertiary alicyclic amines) is 1. The van der Waals surface area contributed by atoms with Gasteiger partial charge >= 0.3 is 0 Å². The van der Waals surface area contributed by atoms with Crippen molar-refractivity contribution in [3.63, 3.8) is 0 Å². The first-order valence-electron chi connectivity index (χ1n) is 8.08. The van der Waals surface area contributed by atoms with Gasteiger partial charge in [-0.05, 0) is 12.8 Å². The molecule has 0 radical (unpaired) electrons. The van der Waals surface area contributed by atoms with Crippen molar-refractivity contribution >= 4 is 17.2 Å². The lowest BCUT2D eigenvalue weighted by molar-refractivity contribution is -0.136. The molecule has 0 spiro atoms. The zero-order chi connectivity index (χ0) is 15.5. The number of carbonyl (C=O) groups excluding carboxylic acids is 1. The summed E-state index contributed by atoms with van der Waals surface area (Å²) in [6.07, 6.45) is 2.30. The molecule has 0 N–H and O–H groups in total. The average Bonchev–Trinajstić information content (AvgIpc) is 3.19. The summed E-state index contributed by atoms with van der Waals surface area (Å²) in [7, 11) is 0. The van der Waals surface area contributed by atoms with E-state index < -0.39 is 0 Å². The van der Waals surface area contributed by atoms with Crippen LogP contribution in [0.1, 0.15) is 43.3 Å². The summed E-state index contributed by atoms with van der Waals surface area (Å²) in [5, 5.41) is 3.12. The van der Waals surface area contributed by atoms with E-state index >= 15 is 0 Å². The summed E-state index contributed by atoms with van der Waals surface area (Å²) in [6.45, 7) is 7.25. The molecule has 2 saturated heterocycles. The highest BCUT2D eigenvalue weighted by Crippen LogP contribution is 2.26. The van der Waals surface area contributed by atoms with Gasteiger partial charge in [-0.3, -0.25) is 4.79 Å².